The molecule has 1 aromatic heterocycles. The number of hydrogen-bond donors (Lipinski definition) is 4. The Bertz CT molecular complexity index is 933. The fraction of sp³-hybridized carbons (Fsp3) is 0.375. The maximum Gasteiger partial charge on any atom is 0.275 e. The lowest BCUT2D eigenvalue weighted by molar-refractivity contribution is -1.01. The van der Waals surface area contributed by atoms with Crippen LogP contribution in [0.1, 0.15) is 5.56 Å². The van der Waals surface area contributed by atoms with Crippen molar-refractivity contribution >= 4 is 16.8 Å². The van der Waals surface area contributed by atoms with Crippen LogP contribution in [0.5, 0.6) is 5.75 Å². The first-order chi connectivity index (χ1) is 14.8. The molecule has 1 amide bonds. The van der Waals surface area contributed by atoms with Crippen molar-refractivity contribution in [3.8, 4) is 5.75 Å². The number of carbonyl (C=O) groups excluding carboxylic acids is 1. The fourth-order valence-corrected chi connectivity index (χ4v) is 4.18. The van der Waals surface area contributed by atoms with Crippen molar-refractivity contribution in [2.75, 3.05) is 52.4 Å². The Labute approximate surface area is 177 Å². The third kappa shape index (κ3) is 5.62. The van der Waals surface area contributed by atoms with E-state index in [1.165, 1.54) is 15.8 Å². The van der Waals surface area contributed by atoms with Crippen LogP contribution in [0.3, 0.4) is 0 Å². The molecule has 3 aromatic rings. The standard InChI is InChI=1S/C24H30N4O2/c29-24(25-11-10-20-18-26-23-9-5-4-8-22(20)23)19-28-14-12-27(13-15-28)16-17-30-21-6-2-1-3-7-21/h1-9,18,26H,10-17,19H2,(H,25,29)/p+2. The largest absolute Gasteiger partial charge is 0.488 e. The zero-order chi connectivity index (χ0) is 20.6. The van der Waals surface area contributed by atoms with Crippen molar-refractivity contribution in [3.63, 3.8) is 0 Å². The second-order valence-electron chi connectivity index (χ2n) is 8.05. The molecule has 6 nitrogen and oxygen atoms in total. The summed E-state index contributed by atoms with van der Waals surface area (Å²) in [6, 6.07) is 18.3. The molecular formula is C24H32N4O2+2. The van der Waals surface area contributed by atoms with Crippen LogP contribution in [0.25, 0.3) is 10.9 Å². The van der Waals surface area contributed by atoms with Gasteiger partial charge in [-0.1, -0.05) is 36.4 Å². The Kier molecular flexibility index (Phi) is 7.00. The number of fused-ring (bicyclic) bond motifs is 1. The summed E-state index contributed by atoms with van der Waals surface area (Å²) in [6.45, 7) is 7.27. The van der Waals surface area contributed by atoms with E-state index in [0.29, 0.717) is 13.1 Å². The molecule has 1 saturated heterocycles. The van der Waals surface area contributed by atoms with Gasteiger partial charge >= 0.3 is 0 Å². The highest BCUT2D eigenvalue weighted by atomic mass is 16.5. The highest BCUT2D eigenvalue weighted by Crippen LogP contribution is 2.17. The van der Waals surface area contributed by atoms with E-state index in [9.17, 15) is 4.79 Å². The highest BCUT2D eigenvalue weighted by molar-refractivity contribution is 5.83. The predicted molar refractivity (Wildman–Crippen MR) is 118 cm³/mol. The average molecular weight is 409 g/mol. The summed E-state index contributed by atoms with van der Waals surface area (Å²) in [7, 11) is 0. The predicted octanol–water partition coefficient (Wildman–Crippen LogP) is -0.311. The maximum absolute atomic E-state index is 12.3. The Morgan fingerprint density at radius 1 is 0.967 bits per heavy atom. The van der Waals surface area contributed by atoms with Crippen LogP contribution in [-0.4, -0.2) is 63.3 Å². The number of amides is 1. The molecule has 1 fully saturated rings. The number of hydrogen-bond acceptors (Lipinski definition) is 2. The van der Waals surface area contributed by atoms with E-state index in [1.807, 2.05) is 42.6 Å². The zero-order valence-corrected chi connectivity index (χ0v) is 17.5. The molecule has 0 bridgehead atoms. The number of H-pyrrole nitrogens is 1. The normalized spacial score (nSPS) is 18.9. The van der Waals surface area contributed by atoms with E-state index in [4.69, 9.17) is 4.74 Å². The third-order valence-corrected chi connectivity index (χ3v) is 5.93. The van der Waals surface area contributed by atoms with Gasteiger partial charge in [0.2, 0.25) is 0 Å². The second kappa shape index (κ2) is 10.3. The molecule has 4 N–H and O–H groups in total. The number of rotatable bonds is 9. The number of piperazine rings is 1. The van der Waals surface area contributed by atoms with Gasteiger partial charge < -0.3 is 24.8 Å². The summed E-state index contributed by atoms with van der Waals surface area (Å²) in [5.74, 6) is 1.09. The molecule has 0 unspecified atom stereocenters. The first-order valence-corrected chi connectivity index (χ1v) is 10.9. The number of ether oxygens (including phenoxy) is 1. The first kappa shape index (κ1) is 20.4. The lowest BCUT2D eigenvalue weighted by atomic mass is 10.1. The van der Waals surface area contributed by atoms with Gasteiger partial charge in [0.25, 0.3) is 5.91 Å². The molecular weight excluding hydrogens is 376 g/mol. The van der Waals surface area contributed by atoms with E-state index in [-0.39, 0.29) is 5.91 Å². The SMILES string of the molecule is O=C(C[NH+]1CC[NH+](CCOc2ccccc2)CC1)NCCc1c[nH]c2ccccc12. The monoisotopic (exact) mass is 408 g/mol. The summed E-state index contributed by atoms with van der Waals surface area (Å²) < 4.78 is 5.81. The lowest BCUT2D eigenvalue weighted by Crippen LogP contribution is -3.28. The lowest BCUT2D eigenvalue weighted by Gasteiger charge is -2.29. The first-order valence-electron chi connectivity index (χ1n) is 10.9. The Hall–Kier alpha value is -2.83. The molecule has 0 saturated carbocycles. The van der Waals surface area contributed by atoms with Gasteiger partial charge in [0.05, 0.1) is 0 Å². The molecule has 0 radical (unpaired) electrons. The summed E-state index contributed by atoms with van der Waals surface area (Å²) >= 11 is 0. The van der Waals surface area contributed by atoms with Crippen molar-refractivity contribution in [1.29, 1.82) is 0 Å². The van der Waals surface area contributed by atoms with Crippen LogP contribution in [0, 0.1) is 0 Å². The van der Waals surface area contributed by atoms with Crippen LogP contribution in [-0.2, 0) is 11.2 Å². The van der Waals surface area contributed by atoms with Crippen LogP contribution in [0.15, 0.2) is 60.8 Å². The average Bonchev–Trinajstić information content (AvgIpc) is 3.19. The smallest absolute Gasteiger partial charge is 0.275 e. The van der Waals surface area contributed by atoms with Crippen LogP contribution < -0.4 is 19.9 Å². The second-order valence-corrected chi connectivity index (χ2v) is 8.05. The molecule has 2 aromatic carbocycles. The summed E-state index contributed by atoms with van der Waals surface area (Å²) in [5, 5.41) is 4.34. The summed E-state index contributed by atoms with van der Waals surface area (Å²) in [4.78, 5) is 18.6. The van der Waals surface area contributed by atoms with Crippen molar-refractivity contribution in [2.24, 2.45) is 0 Å². The van der Waals surface area contributed by atoms with Crippen LogP contribution in [0.2, 0.25) is 0 Å². The van der Waals surface area contributed by atoms with Crippen molar-refractivity contribution in [3.05, 3.63) is 66.4 Å². The molecule has 0 spiro atoms. The Morgan fingerprint density at radius 3 is 2.53 bits per heavy atom. The molecule has 2 heterocycles. The molecule has 0 aliphatic carbocycles. The van der Waals surface area contributed by atoms with Gasteiger partial charge in [-0.2, -0.15) is 0 Å². The Morgan fingerprint density at radius 2 is 1.70 bits per heavy atom. The summed E-state index contributed by atoms with van der Waals surface area (Å²) in [5.41, 5.74) is 2.41. The third-order valence-electron chi connectivity index (χ3n) is 5.93. The minimum absolute atomic E-state index is 0.153. The summed E-state index contributed by atoms with van der Waals surface area (Å²) in [6.07, 6.45) is 2.90. The molecule has 30 heavy (non-hydrogen) atoms. The minimum Gasteiger partial charge on any atom is -0.488 e. The van der Waals surface area contributed by atoms with Gasteiger partial charge in [-0.25, -0.2) is 0 Å². The van der Waals surface area contributed by atoms with Gasteiger partial charge in [-0.3, -0.25) is 4.79 Å². The van der Waals surface area contributed by atoms with Crippen molar-refractivity contribution < 1.29 is 19.3 Å². The number of benzene rings is 2. The van der Waals surface area contributed by atoms with Crippen LogP contribution in [0.4, 0.5) is 0 Å². The topological polar surface area (TPSA) is 63.0 Å². The molecule has 1 aliphatic rings. The van der Waals surface area contributed by atoms with Crippen LogP contribution >= 0.6 is 0 Å². The minimum atomic E-state index is 0.153. The van der Waals surface area contributed by atoms with Gasteiger partial charge in [-0.05, 0) is 30.2 Å². The molecule has 1 aliphatic heterocycles. The van der Waals surface area contributed by atoms with Gasteiger partial charge in [-0.15, -0.1) is 0 Å². The maximum atomic E-state index is 12.3. The molecule has 4 rings (SSSR count). The fourth-order valence-electron chi connectivity index (χ4n) is 4.18. The number of aromatic amines is 1. The molecule has 158 valence electrons. The number of quaternary nitrogens is 2. The van der Waals surface area contributed by atoms with Gasteiger partial charge in [0.1, 0.15) is 45.1 Å². The van der Waals surface area contributed by atoms with E-state index in [1.54, 1.807) is 4.90 Å². The van der Waals surface area contributed by atoms with E-state index in [2.05, 4.69) is 28.5 Å². The van der Waals surface area contributed by atoms with E-state index >= 15 is 0 Å². The van der Waals surface area contributed by atoms with Gasteiger partial charge in [0.15, 0.2) is 6.54 Å². The molecule has 6 heteroatoms. The van der Waals surface area contributed by atoms with Crippen molar-refractivity contribution in [2.45, 2.75) is 6.42 Å². The van der Waals surface area contributed by atoms with E-state index in [0.717, 1.165) is 57.0 Å². The number of nitrogens with one attached hydrogen (secondary N) is 4. The number of aromatic nitrogens is 1. The number of para-hydroxylation sites is 2. The van der Waals surface area contributed by atoms with E-state index < -0.39 is 0 Å². The molecule has 0 atom stereocenters. The Balaban J connectivity index is 1.11. The van der Waals surface area contributed by atoms with Crippen molar-refractivity contribution in [1.82, 2.24) is 10.3 Å². The zero-order valence-electron chi connectivity index (χ0n) is 17.5. The highest BCUT2D eigenvalue weighted by Gasteiger charge is 2.24. The van der Waals surface area contributed by atoms with Gasteiger partial charge in [0, 0.05) is 23.6 Å². The quantitative estimate of drug-likeness (QED) is 0.393. The number of carbonyl (C=O) groups is 1.